The Balaban J connectivity index is 2.01. The van der Waals surface area contributed by atoms with Crippen molar-refractivity contribution in [2.45, 2.75) is 26.4 Å². The van der Waals surface area contributed by atoms with Crippen molar-refractivity contribution in [3.63, 3.8) is 0 Å². The first-order valence-electron chi connectivity index (χ1n) is 6.20. The van der Waals surface area contributed by atoms with Crippen LogP contribution in [0.3, 0.4) is 0 Å². The second-order valence-electron chi connectivity index (χ2n) is 5.22. The fourth-order valence-corrected chi connectivity index (χ4v) is 1.63. The highest BCUT2D eigenvalue weighted by molar-refractivity contribution is 5.72. The lowest BCUT2D eigenvalue weighted by Crippen LogP contribution is -2.41. The van der Waals surface area contributed by atoms with Crippen molar-refractivity contribution in [3.05, 3.63) is 0 Å². The molecule has 0 aliphatic carbocycles. The number of esters is 1. The normalized spacial score (nSPS) is 18.1. The Labute approximate surface area is 103 Å². The van der Waals surface area contributed by atoms with Gasteiger partial charge in [-0.05, 0) is 20.8 Å². The van der Waals surface area contributed by atoms with E-state index in [1.807, 2.05) is 20.8 Å². The molecule has 0 unspecified atom stereocenters. The maximum absolute atomic E-state index is 11.4. The van der Waals surface area contributed by atoms with Crippen molar-refractivity contribution in [3.8, 4) is 0 Å². The molecular weight excluding hydrogens is 220 g/mol. The van der Waals surface area contributed by atoms with Crippen LogP contribution in [0.25, 0.3) is 0 Å². The van der Waals surface area contributed by atoms with Gasteiger partial charge in [0.25, 0.3) is 0 Å². The Morgan fingerprint density at radius 2 is 2.00 bits per heavy atom. The number of rotatable bonds is 5. The molecule has 1 rings (SSSR count). The Kier molecular flexibility index (Phi) is 5.88. The number of morpholine rings is 1. The maximum Gasteiger partial charge on any atom is 0.320 e. The molecule has 5 heteroatoms. The minimum atomic E-state index is -0.400. The van der Waals surface area contributed by atoms with Gasteiger partial charge in [-0.1, -0.05) is 0 Å². The summed E-state index contributed by atoms with van der Waals surface area (Å²) >= 11 is 0. The van der Waals surface area contributed by atoms with Crippen LogP contribution in [-0.4, -0.2) is 62.4 Å². The smallest absolute Gasteiger partial charge is 0.320 e. The summed E-state index contributed by atoms with van der Waals surface area (Å²) in [6, 6.07) is 0. The molecule has 5 nitrogen and oxygen atoms in total. The molecule has 0 aromatic carbocycles. The third-order valence-electron chi connectivity index (χ3n) is 2.40. The number of hydrogen-bond donors (Lipinski definition) is 1. The topological polar surface area (TPSA) is 50.8 Å². The van der Waals surface area contributed by atoms with E-state index in [4.69, 9.17) is 9.47 Å². The van der Waals surface area contributed by atoms with Gasteiger partial charge in [0.2, 0.25) is 0 Å². The molecule has 1 aliphatic heterocycles. The molecule has 0 aromatic heterocycles. The maximum atomic E-state index is 11.4. The number of nitrogens with zero attached hydrogens (tertiary/aromatic N) is 1. The second-order valence-corrected chi connectivity index (χ2v) is 5.22. The molecule has 100 valence electrons. The van der Waals surface area contributed by atoms with E-state index >= 15 is 0 Å². The first-order chi connectivity index (χ1) is 7.97. The van der Waals surface area contributed by atoms with Gasteiger partial charge in [0.1, 0.15) is 5.60 Å². The molecule has 1 heterocycles. The number of nitrogens with one attached hydrogen (secondary N) is 1. The lowest BCUT2D eigenvalue weighted by Gasteiger charge is -2.26. The van der Waals surface area contributed by atoms with E-state index in [0.717, 1.165) is 39.4 Å². The summed E-state index contributed by atoms with van der Waals surface area (Å²) in [7, 11) is 0. The highest BCUT2D eigenvalue weighted by Gasteiger charge is 2.15. The molecule has 0 radical (unpaired) electrons. The average molecular weight is 244 g/mol. The molecule has 0 bridgehead atoms. The molecule has 0 saturated carbocycles. The van der Waals surface area contributed by atoms with Crippen molar-refractivity contribution in [1.82, 2.24) is 10.2 Å². The number of ether oxygens (including phenoxy) is 2. The highest BCUT2D eigenvalue weighted by atomic mass is 16.6. The average Bonchev–Trinajstić information content (AvgIpc) is 2.23. The molecule has 1 saturated heterocycles. The van der Waals surface area contributed by atoms with Crippen LogP contribution in [0.5, 0.6) is 0 Å². The van der Waals surface area contributed by atoms with Crippen molar-refractivity contribution in [1.29, 1.82) is 0 Å². The lowest BCUT2D eigenvalue weighted by molar-refractivity contribution is -0.153. The zero-order valence-corrected chi connectivity index (χ0v) is 11.1. The number of hydrogen-bond acceptors (Lipinski definition) is 5. The molecule has 0 spiro atoms. The fraction of sp³-hybridized carbons (Fsp3) is 0.917. The van der Waals surface area contributed by atoms with Gasteiger partial charge in [-0.25, -0.2) is 0 Å². The lowest BCUT2D eigenvalue weighted by atomic mass is 10.2. The molecule has 1 aliphatic rings. The van der Waals surface area contributed by atoms with Gasteiger partial charge in [-0.3, -0.25) is 9.69 Å². The molecule has 0 atom stereocenters. The summed E-state index contributed by atoms with van der Waals surface area (Å²) < 4.78 is 10.5. The quantitative estimate of drug-likeness (QED) is 0.555. The van der Waals surface area contributed by atoms with E-state index in [1.54, 1.807) is 0 Å². The van der Waals surface area contributed by atoms with Crippen LogP contribution in [0.1, 0.15) is 20.8 Å². The number of carbonyl (C=O) groups excluding carboxylic acids is 1. The summed E-state index contributed by atoms with van der Waals surface area (Å²) in [6.07, 6.45) is 0. The van der Waals surface area contributed by atoms with E-state index in [0.29, 0.717) is 0 Å². The van der Waals surface area contributed by atoms with Crippen molar-refractivity contribution >= 4 is 5.97 Å². The van der Waals surface area contributed by atoms with Gasteiger partial charge in [-0.15, -0.1) is 0 Å². The predicted octanol–water partition coefficient (Wildman–Crippen LogP) is 0.250. The molecule has 1 N–H and O–H groups in total. The minimum Gasteiger partial charge on any atom is -0.459 e. The summed E-state index contributed by atoms with van der Waals surface area (Å²) in [5, 5.41) is 3.10. The summed E-state index contributed by atoms with van der Waals surface area (Å²) in [5.74, 6) is -0.195. The van der Waals surface area contributed by atoms with E-state index in [1.165, 1.54) is 0 Å². The third kappa shape index (κ3) is 7.31. The minimum absolute atomic E-state index is 0.195. The molecule has 0 amide bonds. The van der Waals surface area contributed by atoms with Crippen molar-refractivity contribution < 1.29 is 14.3 Å². The Bertz CT molecular complexity index is 232. The predicted molar refractivity (Wildman–Crippen MR) is 66.0 cm³/mol. The van der Waals surface area contributed by atoms with Crippen molar-refractivity contribution in [2.24, 2.45) is 0 Å². The Hall–Kier alpha value is -0.650. The van der Waals surface area contributed by atoms with Gasteiger partial charge in [0, 0.05) is 26.2 Å². The van der Waals surface area contributed by atoms with Crippen LogP contribution in [0, 0.1) is 0 Å². The monoisotopic (exact) mass is 244 g/mol. The number of carbonyl (C=O) groups is 1. The van der Waals surface area contributed by atoms with Gasteiger partial charge < -0.3 is 14.8 Å². The summed E-state index contributed by atoms with van der Waals surface area (Å²) in [5.41, 5.74) is -0.400. The summed E-state index contributed by atoms with van der Waals surface area (Å²) in [6.45, 7) is 11.2. The molecule has 1 fully saturated rings. The molecule has 17 heavy (non-hydrogen) atoms. The largest absolute Gasteiger partial charge is 0.459 e. The Morgan fingerprint density at radius 1 is 1.35 bits per heavy atom. The van der Waals surface area contributed by atoms with Crippen LogP contribution < -0.4 is 5.32 Å². The highest BCUT2D eigenvalue weighted by Crippen LogP contribution is 2.06. The zero-order valence-electron chi connectivity index (χ0n) is 11.1. The van der Waals surface area contributed by atoms with Crippen LogP contribution in [0.4, 0.5) is 0 Å². The SMILES string of the molecule is CC(C)(C)OC(=O)CNCCN1CCOCC1. The van der Waals surface area contributed by atoms with Gasteiger partial charge in [0.05, 0.1) is 19.8 Å². The zero-order chi connectivity index (χ0) is 12.7. The van der Waals surface area contributed by atoms with Crippen molar-refractivity contribution in [2.75, 3.05) is 45.9 Å². The van der Waals surface area contributed by atoms with E-state index < -0.39 is 5.60 Å². The molecular formula is C12H24N2O3. The fourth-order valence-electron chi connectivity index (χ4n) is 1.63. The first-order valence-corrected chi connectivity index (χ1v) is 6.20. The third-order valence-corrected chi connectivity index (χ3v) is 2.40. The van der Waals surface area contributed by atoms with Crippen LogP contribution in [0.15, 0.2) is 0 Å². The van der Waals surface area contributed by atoms with E-state index in [2.05, 4.69) is 10.2 Å². The van der Waals surface area contributed by atoms with Crippen LogP contribution in [0.2, 0.25) is 0 Å². The molecule has 0 aromatic rings. The van der Waals surface area contributed by atoms with Crippen LogP contribution >= 0.6 is 0 Å². The van der Waals surface area contributed by atoms with Gasteiger partial charge in [-0.2, -0.15) is 0 Å². The summed E-state index contributed by atoms with van der Waals surface area (Å²) in [4.78, 5) is 13.7. The first kappa shape index (κ1) is 14.4. The van der Waals surface area contributed by atoms with Gasteiger partial charge in [0.15, 0.2) is 0 Å². The second kappa shape index (κ2) is 6.93. The van der Waals surface area contributed by atoms with Crippen LogP contribution in [-0.2, 0) is 14.3 Å². The Morgan fingerprint density at radius 3 is 2.59 bits per heavy atom. The van der Waals surface area contributed by atoms with E-state index in [9.17, 15) is 4.79 Å². The van der Waals surface area contributed by atoms with Gasteiger partial charge >= 0.3 is 5.97 Å². The van der Waals surface area contributed by atoms with E-state index in [-0.39, 0.29) is 12.5 Å². The standard InChI is InChI=1S/C12H24N2O3/c1-12(2,3)17-11(15)10-13-4-5-14-6-8-16-9-7-14/h13H,4-10H2,1-3H3.